The van der Waals surface area contributed by atoms with Gasteiger partial charge in [-0.15, -0.1) is 0 Å². The fraction of sp³-hybridized carbons (Fsp3) is 0.143. The molecular formula is C14H11F3O4S. The first kappa shape index (κ1) is 16.2. The molecule has 0 fully saturated rings. The molecule has 0 spiro atoms. The van der Waals surface area contributed by atoms with Crippen molar-refractivity contribution in [3.05, 3.63) is 48.5 Å². The largest absolute Gasteiger partial charge is 0.534 e. The van der Waals surface area contributed by atoms with E-state index in [1.165, 1.54) is 19.2 Å². The number of rotatable bonds is 4. The first-order chi connectivity index (χ1) is 10.2. The third-order valence-corrected chi connectivity index (χ3v) is 3.74. The van der Waals surface area contributed by atoms with Gasteiger partial charge < -0.3 is 8.92 Å². The highest BCUT2D eigenvalue weighted by atomic mass is 32.2. The Kier molecular flexibility index (Phi) is 4.32. The quantitative estimate of drug-likeness (QED) is 0.634. The Balaban J connectivity index is 2.28. The predicted octanol–water partition coefficient (Wildman–Crippen LogP) is 3.59. The van der Waals surface area contributed by atoms with Gasteiger partial charge in [-0.1, -0.05) is 30.3 Å². The van der Waals surface area contributed by atoms with Gasteiger partial charge in [0.15, 0.2) is 0 Å². The summed E-state index contributed by atoms with van der Waals surface area (Å²) >= 11 is 0. The highest BCUT2D eigenvalue weighted by Crippen LogP contribution is 2.32. The van der Waals surface area contributed by atoms with Gasteiger partial charge in [-0.2, -0.15) is 21.6 Å². The third-order valence-electron chi connectivity index (χ3n) is 2.76. The molecule has 0 aliphatic heterocycles. The summed E-state index contributed by atoms with van der Waals surface area (Å²) in [6, 6.07) is 12.2. The Bertz CT molecular complexity index is 752. The molecular weight excluding hydrogens is 321 g/mol. The van der Waals surface area contributed by atoms with Gasteiger partial charge in [0, 0.05) is 5.56 Å². The van der Waals surface area contributed by atoms with E-state index in [2.05, 4.69) is 4.18 Å². The highest BCUT2D eigenvalue weighted by Gasteiger charge is 2.48. The summed E-state index contributed by atoms with van der Waals surface area (Å²) in [6.07, 6.45) is 0. The molecule has 22 heavy (non-hydrogen) atoms. The molecule has 2 aromatic rings. The Hall–Kier alpha value is -2.22. The van der Waals surface area contributed by atoms with Crippen LogP contribution in [-0.2, 0) is 10.1 Å². The Labute approximate surface area is 125 Å². The van der Waals surface area contributed by atoms with E-state index in [1.807, 2.05) is 0 Å². The van der Waals surface area contributed by atoms with E-state index in [1.54, 1.807) is 24.3 Å². The molecule has 0 unspecified atom stereocenters. The van der Waals surface area contributed by atoms with Crippen LogP contribution >= 0.6 is 0 Å². The van der Waals surface area contributed by atoms with E-state index in [0.29, 0.717) is 11.3 Å². The topological polar surface area (TPSA) is 52.6 Å². The zero-order chi connectivity index (χ0) is 16.4. The molecule has 0 heterocycles. The fourth-order valence-corrected chi connectivity index (χ4v) is 2.21. The predicted molar refractivity (Wildman–Crippen MR) is 74.0 cm³/mol. The number of para-hydroxylation sites is 1. The molecule has 0 saturated heterocycles. The van der Waals surface area contributed by atoms with Crippen LogP contribution in [0.1, 0.15) is 0 Å². The summed E-state index contributed by atoms with van der Waals surface area (Å²) in [5, 5.41) is 0. The minimum Gasteiger partial charge on any atom is -0.496 e. The molecule has 2 rings (SSSR count). The van der Waals surface area contributed by atoms with Gasteiger partial charge in [-0.05, 0) is 23.8 Å². The minimum absolute atomic E-state index is 0.420. The lowest BCUT2D eigenvalue weighted by molar-refractivity contribution is -0.0500. The molecule has 0 aliphatic carbocycles. The lowest BCUT2D eigenvalue weighted by Crippen LogP contribution is -2.28. The zero-order valence-electron chi connectivity index (χ0n) is 11.3. The monoisotopic (exact) mass is 332 g/mol. The van der Waals surface area contributed by atoms with Gasteiger partial charge in [0.2, 0.25) is 0 Å². The van der Waals surface area contributed by atoms with Crippen molar-refractivity contribution in [2.45, 2.75) is 5.51 Å². The van der Waals surface area contributed by atoms with Crippen LogP contribution < -0.4 is 8.92 Å². The van der Waals surface area contributed by atoms with Crippen LogP contribution in [0.2, 0.25) is 0 Å². The summed E-state index contributed by atoms with van der Waals surface area (Å²) in [4.78, 5) is 0. The van der Waals surface area contributed by atoms with Crippen molar-refractivity contribution in [2.75, 3.05) is 7.11 Å². The second kappa shape index (κ2) is 5.88. The van der Waals surface area contributed by atoms with Gasteiger partial charge in [0.05, 0.1) is 7.11 Å². The molecule has 0 aromatic heterocycles. The second-order valence-corrected chi connectivity index (χ2v) is 5.75. The smallest absolute Gasteiger partial charge is 0.496 e. The van der Waals surface area contributed by atoms with Crippen molar-refractivity contribution in [3.8, 4) is 22.6 Å². The molecule has 0 N–H and O–H groups in total. The molecule has 2 aromatic carbocycles. The van der Waals surface area contributed by atoms with E-state index < -0.39 is 21.4 Å². The van der Waals surface area contributed by atoms with Crippen molar-refractivity contribution in [3.63, 3.8) is 0 Å². The number of alkyl halides is 3. The van der Waals surface area contributed by atoms with Gasteiger partial charge in [0.1, 0.15) is 11.5 Å². The SMILES string of the molecule is COc1ccccc1-c1ccc(OS(=O)(=O)C(F)(F)F)cc1. The maximum Gasteiger partial charge on any atom is 0.534 e. The Morgan fingerprint density at radius 3 is 2.09 bits per heavy atom. The van der Waals surface area contributed by atoms with E-state index in [-0.39, 0.29) is 0 Å². The van der Waals surface area contributed by atoms with Crippen molar-refractivity contribution in [1.82, 2.24) is 0 Å². The third kappa shape index (κ3) is 3.33. The molecule has 0 bridgehead atoms. The first-order valence-corrected chi connectivity index (χ1v) is 7.39. The lowest BCUT2D eigenvalue weighted by atomic mass is 10.0. The maximum absolute atomic E-state index is 12.2. The van der Waals surface area contributed by atoms with Crippen LogP contribution in [0.4, 0.5) is 13.2 Å². The average molecular weight is 332 g/mol. The summed E-state index contributed by atoms with van der Waals surface area (Å²) in [7, 11) is -4.17. The van der Waals surface area contributed by atoms with Crippen molar-refractivity contribution >= 4 is 10.1 Å². The highest BCUT2D eigenvalue weighted by molar-refractivity contribution is 7.88. The van der Waals surface area contributed by atoms with E-state index in [0.717, 1.165) is 17.7 Å². The lowest BCUT2D eigenvalue weighted by Gasteiger charge is -2.11. The number of ether oxygens (including phenoxy) is 1. The van der Waals surface area contributed by atoms with Crippen LogP contribution in [0.25, 0.3) is 11.1 Å². The summed E-state index contributed by atoms with van der Waals surface area (Å²) < 4.78 is 67.7. The molecule has 0 radical (unpaired) electrons. The Morgan fingerprint density at radius 2 is 1.55 bits per heavy atom. The van der Waals surface area contributed by atoms with Crippen LogP contribution in [0.5, 0.6) is 11.5 Å². The summed E-state index contributed by atoms with van der Waals surface area (Å²) in [5.74, 6) is 0.162. The van der Waals surface area contributed by atoms with Crippen LogP contribution in [-0.4, -0.2) is 21.0 Å². The maximum atomic E-state index is 12.2. The number of methoxy groups -OCH3 is 1. The number of hydrogen-bond donors (Lipinski definition) is 0. The van der Waals surface area contributed by atoms with Crippen LogP contribution in [0, 0.1) is 0 Å². The van der Waals surface area contributed by atoms with E-state index in [9.17, 15) is 21.6 Å². The van der Waals surface area contributed by atoms with Crippen molar-refractivity contribution in [2.24, 2.45) is 0 Å². The van der Waals surface area contributed by atoms with Crippen molar-refractivity contribution < 1.29 is 30.5 Å². The summed E-state index contributed by atoms with van der Waals surface area (Å²) in [5.41, 5.74) is -4.10. The molecule has 0 aliphatic rings. The van der Waals surface area contributed by atoms with Crippen LogP contribution in [0.15, 0.2) is 48.5 Å². The van der Waals surface area contributed by atoms with Gasteiger partial charge >= 0.3 is 15.6 Å². The molecule has 0 atom stereocenters. The molecule has 0 saturated carbocycles. The Morgan fingerprint density at radius 1 is 0.955 bits per heavy atom. The molecule has 8 heteroatoms. The van der Waals surface area contributed by atoms with Crippen LogP contribution in [0.3, 0.4) is 0 Å². The van der Waals surface area contributed by atoms with E-state index >= 15 is 0 Å². The standard InChI is InChI=1S/C14H11F3O4S/c1-20-13-5-3-2-4-12(13)10-6-8-11(9-7-10)21-22(18,19)14(15,16)17/h2-9H,1H3. The average Bonchev–Trinajstić information content (AvgIpc) is 2.46. The summed E-state index contributed by atoms with van der Waals surface area (Å²) in [6.45, 7) is 0. The van der Waals surface area contributed by atoms with Gasteiger partial charge in [0.25, 0.3) is 0 Å². The fourth-order valence-electron chi connectivity index (χ4n) is 1.75. The van der Waals surface area contributed by atoms with Gasteiger partial charge in [-0.3, -0.25) is 0 Å². The molecule has 4 nitrogen and oxygen atoms in total. The first-order valence-electron chi connectivity index (χ1n) is 5.99. The number of hydrogen-bond acceptors (Lipinski definition) is 4. The number of benzene rings is 2. The normalized spacial score (nSPS) is 12.0. The van der Waals surface area contributed by atoms with E-state index in [4.69, 9.17) is 4.74 Å². The zero-order valence-corrected chi connectivity index (χ0v) is 12.1. The second-order valence-electron chi connectivity index (χ2n) is 4.21. The molecule has 118 valence electrons. The van der Waals surface area contributed by atoms with Crippen molar-refractivity contribution in [1.29, 1.82) is 0 Å². The van der Waals surface area contributed by atoms with Gasteiger partial charge in [-0.25, -0.2) is 0 Å². The number of halogens is 3. The minimum atomic E-state index is -5.67. The molecule has 0 amide bonds.